The van der Waals surface area contributed by atoms with Gasteiger partial charge in [-0.2, -0.15) is 0 Å². The lowest BCUT2D eigenvalue weighted by Gasteiger charge is -2.28. The lowest BCUT2D eigenvalue weighted by Crippen LogP contribution is -2.49. The molecule has 1 amide bonds. The Labute approximate surface area is 102 Å². The van der Waals surface area contributed by atoms with Crippen molar-refractivity contribution in [2.45, 2.75) is 45.2 Å². The first-order valence-electron chi connectivity index (χ1n) is 6.16. The van der Waals surface area contributed by atoms with Gasteiger partial charge in [-0.3, -0.25) is 4.79 Å². The average molecular weight is 242 g/mol. The lowest BCUT2D eigenvalue weighted by atomic mass is 10.0. The van der Waals surface area contributed by atoms with Crippen LogP contribution in [0.1, 0.15) is 33.1 Å². The first-order chi connectivity index (χ1) is 7.93. The summed E-state index contributed by atoms with van der Waals surface area (Å²) in [5, 5.41) is 12.3. The van der Waals surface area contributed by atoms with Gasteiger partial charge in [-0.25, -0.2) is 4.79 Å². The maximum Gasteiger partial charge on any atom is 0.326 e. The zero-order valence-corrected chi connectivity index (χ0v) is 10.8. The van der Waals surface area contributed by atoms with E-state index in [4.69, 9.17) is 5.11 Å². The Balaban J connectivity index is 2.65. The van der Waals surface area contributed by atoms with Crippen molar-refractivity contribution in [1.82, 2.24) is 10.2 Å². The molecule has 0 aliphatic carbocycles. The van der Waals surface area contributed by atoms with Gasteiger partial charge in [0.1, 0.15) is 6.04 Å². The topological polar surface area (TPSA) is 69.6 Å². The number of nitrogens with zero attached hydrogens (tertiary/aromatic N) is 1. The molecule has 98 valence electrons. The van der Waals surface area contributed by atoms with E-state index in [1.165, 1.54) is 4.90 Å². The van der Waals surface area contributed by atoms with E-state index in [0.29, 0.717) is 6.42 Å². The molecule has 0 bridgehead atoms. The Morgan fingerprint density at radius 3 is 2.53 bits per heavy atom. The molecule has 0 aromatic carbocycles. The quantitative estimate of drug-likeness (QED) is 0.744. The molecule has 2 atom stereocenters. The van der Waals surface area contributed by atoms with E-state index in [0.717, 1.165) is 19.4 Å². The van der Waals surface area contributed by atoms with Crippen molar-refractivity contribution in [3.05, 3.63) is 0 Å². The zero-order chi connectivity index (χ0) is 13.0. The van der Waals surface area contributed by atoms with Gasteiger partial charge in [-0.1, -0.05) is 13.8 Å². The van der Waals surface area contributed by atoms with Gasteiger partial charge in [0.15, 0.2) is 0 Å². The maximum atomic E-state index is 12.1. The zero-order valence-electron chi connectivity index (χ0n) is 10.8. The van der Waals surface area contributed by atoms with Crippen LogP contribution in [0, 0.1) is 5.92 Å². The number of hydrogen-bond donors (Lipinski definition) is 2. The number of amides is 1. The van der Waals surface area contributed by atoms with Crippen molar-refractivity contribution in [2.75, 3.05) is 13.6 Å². The number of carbonyl (C=O) groups is 2. The first-order valence-corrected chi connectivity index (χ1v) is 6.16. The van der Waals surface area contributed by atoms with Gasteiger partial charge in [0.05, 0.1) is 6.04 Å². The van der Waals surface area contributed by atoms with Crippen molar-refractivity contribution >= 4 is 11.9 Å². The summed E-state index contributed by atoms with van der Waals surface area (Å²) >= 11 is 0. The van der Waals surface area contributed by atoms with Gasteiger partial charge in [0.25, 0.3) is 0 Å². The molecule has 1 aliphatic heterocycles. The number of rotatable bonds is 5. The van der Waals surface area contributed by atoms with Gasteiger partial charge in [-0.15, -0.1) is 0 Å². The Bertz CT molecular complexity index is 285. The molecule has 0 aromatic heterocycles. The second-order valence-corrected chi connectivity index (χ2v) is 5.08. The van der Waals surface area contributed by atoms with Crippen LogP contribution in [0.5, 0.6) is 0 Å². The minimum Gasteiger partial charge on any atom is -0.480 e. The SMILES string of the molecule is CC(C)C[C@@H](C(=O)O)N(C)C(=O)[C@@H]1CCCN1. The molecule has 17 heavy (non-hydrogen) atoms. The third-order valence-electron chi connectivity index (χ3n) is 3.15. The van der Waals surface area contributed by atoms with Crippen LogP contribution in [0.15, 0.2) is 0 Å². The highest BCUT2D eigenvalue weighted by atomic mass is 16.4. The predicted molar refractivity (Wildman–Crippen MR) is 64.7 cm³/mol. The molecular weight excluding hydrogens is 220 g/mol. The smallest absolute Gasteiger partial charge is 0.326 e. The van der Waals surface area contributed by atoms with Crippen LogP contribution < -0.4 is 5.32 Å². The van der Waals surface area contributed by atoms with Crippen molar-refractivity contribution < 1.29 is 14.7 Å². The fourth-order valence-electron chi connectivity index (χ4n) is 2.17. The first kappa shape index (κ1) is 14.0. The van der Waals surface area contributed by atoms with E-state index in [1.807, 2.05) is 13.8 Å². The van der Waals surface area contributed by atoms with Crippen LogP contribution in [0.3, 0.4) is 0 Å². The summed E-state index contributed by atoms with van der Waals surface area (Å²) in [6.07, 6.45) is 2.27. The molecule has 5 nitrogen and oxygen atoms in total. The highest BCUT2D eigenvalue weighted by Crippen LogP contribution is 2.14. The normalized spacial score (nSPS) is 21.5. The molecule has 0 spiro atoms. The molecular formula is C12H22N2O3. The number of aliphatic carboxylic acids is 1. The third kappa shape index (κ3) is 3.70. The van der Waals surface area contributed by atoms with Crippen LogP contribution in [0.4, 0.5) is 0 Å². The Kier molecular flexibility index (Phi) is 4.93. The second-order valence-electron chi connectivity index (χ2n) is 5.08. The van der Waals surface area contributed by atoms with E-state index in [1.54, 1.807) is 7.05 Å². The van der Waals surface area contributed by atoms with Crippen LogP contribution >= 0.6 is 0 Å². The van der Waals surface area contributed by atoms with E-state index in [-0.39, 0.29) is 17.9 Å². The molecule has 0 radical (unpaired) electrons. The van der Waals surface area contributed by atoms with Crippen LogP contribution in [-0.4, -0.2) is 47.6 Å². The lowest BCUT2D eigenvalue weighted by molar-refractivity contribution is -0.150. The highest BCUT2D eigenvalue weighted by molar-refractivity contribution is 5.87. The largest absolute Gasteiger partial charge is 0.480 e. The molecule has 5 heteroatoms. The Morgan fingerprint density at radius 1 is 1.47 bits per heavy atom. The number of carbonyl (C=O) groups excluding carboxylic acids is 1. The Morgan fingerprint density at radius 2 is 2.12 bits per heavy atom. The van der Waals surface area contributed by atoms with Crippen molar-refractivity contribution in [3.63, 3.8) is 0 Å². The Hall–Kier alpha value is -1.10. The number of hydrogen-bond acceptors (Lipinski definition) is 3. The summed E-state index contributed by atoms with van der Waals surface area (Å²) in [4.78, 5) is 24.6. The summed E-state index contributed by atoms with van der Waals surface area (Å²) in [6.45, 7) is 4.76. The van der Waals surface area contributed by atoms with Crippen molar-refractivity contribution in [3.8, 4) is 0 Å². The molecule has 0 unspecified atom stereocenters. The molecule has 1 aliphatic rings. The fourth-order valence-corrected chi connectivity index (χ4v) is 2.17. The predicted octanol–water partition coefficient (Wildman–Crippen LogP) is 0.696. The van der Waals surface area contributed by atoms with Crippen LogP contribution in [0.2, 0.25) is 0 Å². The fraction of sp³-hybridized carbons (Fsp3) is 0.833. The monoisotopic (exact) mass is 242 g/mol. The number of carboxylic acid groups (broad SMARTS) is 1. The van der Waals surface area contributed by atoms with E-state index < -0.39 is 12.0 Å². The molecule has 0 aromatic rings. The van der Waals surface area contributed by atoms with E-state index in [9.17, 15) is 9.59 Å². The summed E-state index contributed by atoms with van der Waals surface area (Å²) in [5.74, 6) is -0.772. The second kappa shape index (κ2) is 6.00. The van der Waals surface area contributed by atoms with Gasteiger partial charge in [0.2, 0.25) is 5.91 Å². The summed E-state index contributed by atoms with van der Waals surface area (Å²) in [6, 6.07) is -0.918. The van der Waals surface area contributed by atoms with E-state index >= 15 is 0 Å². The standard InChI is InChI=1S/C12H22N2O3/c1-8(2)7-10(12(16)17)14(3)11(15)9-5-4-6-13-9/h8-10,13H,4-7H2,1-3H3,(H,16,17)/t9-,10-/m0/s1. The molecule has 1 rings (SSSR count). The average Bonchev–Trinajstić information content (AvgIpc) is 2.76. The van der Waals surface area contributed by atoms with Gasteiger partial charge in [-0.05, 0) is 31.7 Å². The third-order valence-corrected chi connectivity index (χ3v) is 3.15. The van der Waals surface area contributed by atoms with Crippen LogP contribution in [0.25, 0.3) is 0 Å². The molecule has 0 saturated carbocycles. The van der Waals surface area contributed by atoms with Gasteiger partial charge < -0.3 is 15.3 Å². The molecule has 1 fully saturated rings. The summed E-state index contributed by atoms with van der Waals surface area (Å²) < 4.78 is 0. The van der Waals surface area contributed by atoms with Crippen molar-refractivity contribution in [2.24, 2.45) is 5.92 Å². The molecule has 1 saturated heterocycles. The number of carboxylic acids is 1. The highest BCUT2D eigenvalue weighted by Gasteiger charge is 2.32. The summed E-state index contributed by atoms with van der Waals surface area (Å²) in [7, 11) is 1.59. The summed E-state index contributed by atoms with van der Waals surface area (Å²) in [5.41, 5.74) is 0. The maximum absolute atomic E-state index is 12.1. The molecule has 1 heterocycles. The number of likely N-dealkylation sites (N-methyl/N-ethyl adjacent to an activating group) is 1. The van der Waals surface area contributed by atoms with Crippen LogP contribution in [-0.2, 0) is 9.59 Å². The minimum absolute atomic E-state index is 0.101. The van der Waals surface area contributed by atoms with Crippen molar-refractivity contribution in [1.29, 1.82) is 0 Å². The molecule has 2 N–H and O–H groups in total. The minimum atomic E-state index is -0.924. The number of nitrogens with one attached hydrogen (secondary N) is 1. The van der Waals surface area contributed by atoms with Gasteiger partial charge in [0, 0.05) is 7.05 Å². The van der Waals surface area contributed by atoms with Gasteiger partial charge >= 0.3 is 5.97 Å². The van der Waals surface area contributed by atoms with E-state index in [2.05, 4.69) is 5.32 Å².